The Morgan fingerprint density at radius 1 is 1.30 bits per heavy atom. The lowest BCUT2D eigenvalue weighted by Crippen LogP contribution is -2.37. The van der Waals surface area contributed by atoms with Crippen LogP contribution in [-0.4, -0.2) is 20.0 Å². The van der Waals surface area contributed by atoms with Gasteiger partial charge in [0.1, 0.15) is 5.39 Å². The molecule has 0 aromatic carbocycles. The van der Waals surface area contributed by atoms with Gasteiger partial charge in [-0.1, -0.05) is 0 Å². The Labute approximate surface area is 113 Å². The van der Waals surface area contributed by atoms with Gasteiger partial charge in [-0.2, -0.15) is 0 Å². The van der Waals surface area contributed by atoms with Gasteiger partial charge in [0.05, 0.1) is 5.69 Å². The molecule has 0 radical (unpaired) electrons. The minimum atomic E-state index is -0.456. The Morgan fingerprint density at radius 2 is 2.00 bits per heavy atom. The molecule has 1 amide bonds. The summed E-state index contributed by atoms with van der Waals surface area (Å²) < 4.78 is 2.31. The van der Waals surface area contributed by atoms with Gasteiger partial charge in [0.15, 0.2) is 5.65 Å². The van der Waals surface area contributed by atoms with Gasteiger partial charge < -0.3 is 5.32 Å². The molecule has 7 heteroatoms. The van der Waals surface area contributed by atoms with Crippen LogP contribution in [0.1, 0.15) is 12.8 Å². The first-order valence-corrected chi connectivity index (χ1v) is 6.36. The number of pyridine rings is 1. The van der Waals surface area contributed by atoms with Crippen LogP contribution in [0.2, 0.25) is 0 Å². The molecule has 0 unspecified atom stereocenters. The van der Waals surface area contributed by atoms with Crippen LogP contribution in [0.4, 0.5) is 5.69 Å². The Bertz CT molecular complexity index is 830. The molecule has 1 N–H and O–H groups in total. The summed E-state index contributed by atoms with van der Waals surface area (Å²) in [7, 11) is 2.95. The fourth-order valence-electron chi connectivity index (χ4n) is 2.17. The summed E-state index contributed by atoms with van der Waals surface area (Å²) in [6.45, 7) is 0. The van der Waals surface area contributed by atoms with E-state index >= 15 is 0 Å². The van der Waals surface area contributed by atoms with Gasteiger partial charge in [-0.15, -0.1) is 0 Å². The van der Waals surface area contributed by atoms with E-state index in [1.54, 1.807) is 13.1 Å². The van der Waals surface area contributed by atoms with Crippen molar-refractivity contribution in [1.82, 2.24) is 14.1 Å². The lowest BCUT2D eigenvalue weighted by molar-refractivity contribution is -0.117. The Hall–Kier alpha value is -2.44. The number of carbonyl (C=O) groups is 1. The molecular weight excluding hydrogens is 260 g/mol. The summed E-state index contributed by atoms with van der Waals surface area (Å²) in [5.41, 5.74) is -0.224. The number of rotatable bonds is 2. The smallest absolute Gasteiger partial charge is 0.325 e. The van der Waals surface area contributed by atoms with Crippen molar-refractivity contribution in [2.24, 2.45) is 20.0 Å². The molecule has 3 rings (SSSR count). The van der Waals surface area contributed by atoms with E-state index in [0.717, 1.165) is 17.4 Å². The monoisotopic (exact) mass is 274 g/mol. The first-order valence-electron chi connectivity index (χ1n) is 6.36. The van der Waals surface area contributed by atoms with Crippen LogP contribution in [0.25, 0.3) is 11.0 Å². The lowest BCUT2D eigenvalue weighted by Gasteiger charge is -2.10. The molecule has 7 nitrogen and oxygen atoms in total. The molecule has 2 heterocycles. The van der Waals surface area contributed by atoms with E-state index in [-0.39, 0.29) is 22.9 Å². The van der Waals surface area contributed by atoms with Gasteiger partial charge in [0.25, 0.3) is 5.56 Å². The van der Waals surface area contributed by atoms with E-state index in [4.69, 9.17) is 0 Å². The van der Waals surface area contributed by atoms with Crippen molar-refractivity contribution in [3.8, 4) is 0 Å². The first-order chi connectivity index (χ1) is 9.50. The van der Waals surface area contributed by atoms with Crippen molar-refractivity contribution in [3.63, 3.8) is 0 Å². The van der Waals surface area contributed by atoms with Crippen molar-refractivity contribution in [3.05, 3.63) is 33.1 Å². The minimum Gasteiger partial charge on any atom is -0.325 e. The molecule has 1 aliphatic carbocycles. The largest absolute Gasteiger partial charge is 0.332 e. The second-order valence-corrected chi connectivity index (χ2v) is 5.03. The number of amides is 1. The topological polar surface area (TPSA) is 86.0 Å². The molecule has 1 fully saturated rings. The van der Waals surface area contributed by atoms with Crippen molar-refractivity contribution in [2.75, 3.05) is 5.32 Å². The molecule has 20 heavy (non-hydrogen) atoms. The van der Waals surface area contributed by atoms with Crippen LogP contribution >= 0.6 is 0 Å². The highest BCUT2D eigenvalue weighted by atomic mass is 16.2. The van der Waals surface area contributed by atoms with Gasteiger partial charge in [0.2, 0.25) is 5.91 Å². The Kier molecular flexibility index (Phi) is 2.70. The maximum atomic E-state index is 12.2. The van der Waals surface area contributed by atoms with Crippen molar-refractivity contribution in [1.29, 1.82) is 0 Å². The first kappa shape index (κ1) is 12.6. The maximum Gasteiger partial charge on any atom is 0.332 e. The van der Waals surface area contributed by atoms with E-state index in [1.165, 1.54) is 17.8 Å². The summed E-state index contributed by atoms with van der Waals surface area (Å²) in [5, 5.41) is 3.01. The maximum absolute atomic E-state index is 12.2. The molecule has 0 aliphatic heterocycles. The van der Waals surface area contributed by atoms with Gasteiger partial charge >= 0.3 is 5.69 Å². The summed E-state index contributed by atoms with van der Waals surface area (Å²) in [6, 6.07) is 1.58. The van der Waals surface area contributed by atoms with E-state index in [1.807, 2.05) is 0 Å². The van der Waals surface area contributed by atoms with Gasteiger partial charge in [-0.3, -0.25) is 18.7 Å². The predicted molar refractivity (Wildman–Crippen MR) is 73.6 cm³/mol. The number of aromatic nitrogens is 3. The van der Waals surface area contributed by atoms with Crippen molar-refractivity contribution in [2.45, 2.75) is 12.8 Å². The number of hydrogen-bond donors (Lipinski definition) is 1. The second kappa shape index (κ2) is 4.29. The number of nitrogens with zero attached hydrogens (tertiary/aromatic N) is 3. The van der Waals surface area contributed by atoms with Crippen LogP contribution in [0.15, 0.2) is 21.9 Å². The van der Waals surface area contributed by atoms with Gasteiger partial charge in [-0.05, 0) is 18.9 Å². The molecule has 104 valence electrons. The van der Waals surface area contributed by atoms with Crippen LogP contribution in [0.5, 0.6) is 0 Å². The quantitative estimate of drug-likeness (QED) is 0.834. The Balaban J connectivity index is 2.25. The summed E-state index contributed by atoms with van der Waals surface area (Å²) >= 11 is 0. The summed E-state index contributed by atoms with van der Waals surface area (Å²) in [6.07, 6.45) is 3.24. The van der Waals surface area contributed by atoms with Crippen molar-refractivity contribution < 1.29 is 4.79 Å². The normalized spacial score (nSPS) is 14.5. The molecule has 1 saturated carbocycles. The van der Waals surface area contributed by atoms with Gasteiger partial charge in [0, 0.05) is 26.2 Å². The highest BCUT2D eigenvalue weighted by molar-refractivity contribution is 6.01. The third-order valence-electron chi connectivity index (χ3n) is 3.55. The zero-order valence-electron chi connectivity index (χ0n) is 11.2. The summed E-state index contributed by atoms with van der Waals surface area (Å²) in [4.78, 5) is 40.0. The average molecular weight is 274 g/mol. The highest BCUT2D eigenvalue weighted by Gasteiger charge is 2.30. The molecule has 0 spiro atoms. The molecule has 0 saturated heterocycles. The molecule has 2 aromatic rings. The van der Waals surface area contributed by atoms with Crippen LogP contribution < -0.4 is 16.6 Å². The molecular formula is C13H14N4O3. The second-order valence-electron chi connectivity index (χ2n) is 5.03. The van der Waals surface area contributed by atoms with E-state index in [9.17, 15) is 14.4 Å². The van der Waals surface area contributed by atoms with E-state index in [2.05, 4.69) is 10.3 Å². The molecule has 1 aliphatic rings. The SMILES string of the molecule is Cn1c(=O)c2c(NC(=O)C3CC3)ccnc2n(C)c1=O. The Morgan fingerprint density at radius 3 is 2.65 bits per heavy atom. The van der Waals surface area contributed by atoms with Gasteiger partial charge in [-0.25, -0.2) is 9.78 Å². The average Bonchev–Trinajstić information content (AvgIpc) is 3.27. The number of fused-ring (bicyclic) bond motifs is 1. The van der Waals surface area contributed by atoms with E-state index in [0.29, 0.717) is 5.69 Å². The van der Waals surface area contributed by atoms with Crippen LogP contribution in [0, 0.1) is 5.92 Å². The number of aryl methyl sites for hydroxylation is 1. The highest BCUT2D eigenvalue weighted by Crippen LogP contribution is 2.30. The number of nitrogens with one attached hydrogen (secondary N) is 1. The number of carbonyl (C=O) groups excluding carboxylic acids is 1. The zero-order valence-corrected chi connectivity index (χ0v) is 11.2. The lowest BCUT2D eigenvalue weighted by atomic mass is 10.2. The third-order valence-corrected chi connectivity index (χ3v) is 3.55. The standard InChI is InChI=1S/C13H14N4O3/c1-16-10-9(12(19)17(2)13(16)20)8(5-6-14-10)15-11(18)7-3-4-7/h5-7H,3-4H2,1-2H3,(H,14,15,18). The number of hydrogen-bond acceptors (Lipinski definition) is 4. The number of anilines is 1. The summed E-state index contributed by atoms with van der Waals surface area (Å²) in [5.74, 6) is -0.0528. The molecule has 0 bridgehead atoms. The zero-order chi connectivity index (χ0) is 14.4. The molecule has 2 aromatic heterocycles. The minimum absolute atomic E-state index is 0.0367. The van der Waals surface area contributed by atoms with Crippen LogP contribution in [0.3, 0.4) is 0 Å². The van der Waals surface area contributed by atoms with Crippen LogP contribution in [-0.2, 0) is 18.9 Å². The third kappa shape index (κ3) is 1.82. The fraction of sp³-hybridized carbons (Fsp3) is 0.385. The molecule has 0 atom stereocenters. The predicted octanol–water partition coefficient (Wildman–Crippen LogP) is -0.0193. The fourth-order valence-corrected chi connectivity index (χ4v) is 2.17. The van der Waals surface area contributed by atoms with Crippen molar-refractivity contribution >= 4 is 22.6 Å². The van der Waals surface area contributed by atoms with E-state index < -0.39 is 11.2 Å².